The van der Waals surface area contributed by atoms with E-state index in [2.05, 4.69) is 5.32 Å². The van der Waals surface area contributed by atoms with Crippen molar-refractivity contribution in [3.63, 3.8) is 0 Å². The van der Waals surface area contributed by atoms with Crippen molar-refractivity contribution in [1.29, 1.82) is 0 Å². The SMILES string of the molecule is Cc1ccc(S(=O)(=O)N2CCC[C@H](C(=O)NC(C)C)C2)cc1. The summed E-state index contributed by atoms with van der Waals surface area (Å²) in [7, 11) is -3.52. The van der Waals surface area contributed by atoms with Gasteiger partial charge in [-0.25, -0.2) is 8.42 Å². The first-order valence-electron chi connectivity index (χ1n) is 7.68. The number of rotatable bonds is 4. The summed E-state index contributed by atoms with van der Waals surface area (Å²) < 4.78 is 26.8. The maximum atomic E-state index is 12.7. The predicted molar refractivity (Wildman–Crippen MR) is 85.9 cm³/mol. The fraction of sp³-hybridized carbons (Fsp3) is 0.562. The zero-order valence-corrected chi connectivity index (χ0v) is 14.2. The van der Waals surface area contributed by atoms with E-state index in [1.807, 2.05) is 20.8 Å². The minimum absolute atomic E-state index is 0.0567. The van der Waals surface area contributed by atoms with Crippen LogP contribution in [0.5, 0.6) is 0 Å². The second kappa shape index (κ2) is 6.79. The summed E-state index contributed by atoms with van der Waals surface area (Å²) in [5.41, 5.74) is 1.02. The minimum atomic E-state index is -3.52. The summed E-state index contributed by atoms with van der Waals surface area (Å²) in [6.45, 7) is 6.46. The number of hydrogen-bond acceptors (Lipinski definition) is 3. The quantitative estimate of drug-likeness (QED) is 0.920. The molecule has 0 spiro atoms. The lowest BCUT2D eigenvalue weighted by Gasteiger charge is -2.31. The summed E-state index contributed by atoms with van der Waals surface area (Å²) in [5, 5.41) is 2.87. The van der Waals surface area contributed by atoms with Gasteiger partial charge in [0.05, 0.1) is 10.8 Å². The fourth-order valence-corrected chi connectivity index (χ4v) is 4.16. The summed E-state index contributed by atoms with van der Waals surface area (Å²) in [6.07, 6.45) is 1.44. The highest BCUT2D eigenvalue weighted by Crippen LogP contribution is 2.24. The molecule has 1 saturated heterocycles. The molecule has 1 aromatic rings. The molecule has 0 aromatic heterocycles. The summed E-state index contributed by atoms with van der Waals surface area (Å²) in [5.74, 6) is -0.324. The van der Waals surface area contributed by atoms with Crippen molar-refractivity contribution in [1.82, 2.24) is 9.62 Å². The highest BCUT2D eigenvalue weighted by atomic mass is 32.2. The number of aryl methyl sites for hydroxylation is 1. The average molecular weight is 324 g/mol. The van der Waals surface area contributed by atoms with Crippen molar-refractivity contribution in [3.8, 4) is 0 Å². The van der Waals surface area contributed by atoms with E-state index in [9.17, 15) is 13.2 Å². The van der Waals surface area contributed by atoms with Gasteiger partial charge in [-0.1, -0.05) is 17.7 Å². The lowest BCUT2D eigenvalue weighted by atomic mass is 9.98. The van der Waals surface area contributed by atoms with Crippen LogP contribution < -0.4 is 5.32 Å². The number of piperidine rings is 1. The number of carbonyl (C=O) groups excluding carboxylic acids is 1. The van der Waals surface area contributed by atoms with Crippen molar-refractivity contribution in [2.75, 3.05) is 13.1 Å². The van der Waals surface area contributed by atoms with Crippen LogP contribution in [0.4, 0.5) is 0 Å². The third kappa shape index (κ3) is 3.87. The standard InChI is InChI=1S/C16H24N2O3S/c1-12(2)17-16(19)14-5-4-10-18(11-14)22(20,21)15-8-6-13(3)7-9-15/h6-9,12,14H,4-5,10-11H2,1-3H3,(H,17,19)/t14-/m0/s1. The Morgan fingerprint density at radius 2 is 1.91 bits per heavy atom. The van der Waals surface area contributed by atoms with Crippen LogP contribution in [0.15, 0.2) is 29.2 Å². The lowest BCUT2D eigenvalue weighted by Crippen LogP contribution is -2.46. The Bertz CT molecular complexity index is 623. The van der Waals surface area contributed by atoms with Crippen LogP contribution in [0.3, 0.4) is 0 Å². The molecular weight excluding hydrogens is 300 g/mol. The predicted octanol–water partition coefficient (Wildman–Crippen LogP) is 1.92. The van der Waals surface area contributed by atoms with E-state index in [0.717, 1.165) is 12.0 Å². The first kappa shape index (κ1) is 17.0. The summed E-state index contributed by atoms with van der Waals surface area (Å²) in [6, 6.07) is 6.90. The van der Waals surface area contributed by atoms with Gasteiger partial charge in [-0.05, 0) is 45.7 Å². The zero-order valence-electron chi connectivity index (χ0n) is 13.4. The van der Waals surface area contributed by atoms with Crippen molar-refractivity contribution in [3.05, 3.63) is 29.8 Å². The van der Waals surface area contributed by atoms with Gasteiger partial charge >= 0.3 is 0 Å². The van der Waals surface area contributed by atoms with Crippen LogP contribution in [0.2, 0.25) is 0 Å². The van der Waals surface area contributed by atoms with Crippen molar-refractivity contribution in [2.24, 2.45) is 5.92 Å². The molecule has 1 heterocycles. The third-order valence-electron chi connectivity index (χ3n) is 3.84. The van der Waals surface area contributed by atoms with Crippen LogP contribution in [0.1, 0.15) is 32.3 Å². The molecule has 6 heteroatoms. The average Bonchev–Trinajstić information content (AvgIpc) is 2.47. The van der Waals surface area contributed by atoms with E-state index < -0.39 is 10.0 Å². The van der Waals surface area contributed by atoms with Gasteiger partial charge in [0.25, 0.3) is 0 Å². The van der Waals surface area contributed by atoms with E-state index >= 15 is 0 Å². The number of sulfonamides is 1. The molecule has 0 aliphatic carbocycles. The number of hydrogen-bond donors (Lipinski definition) is 1. The zero-order chi connectivity index (χ0) is 16.3. The molecule has 0 bridgehead atoms. The number of nitrogens with zero attached hydrogens (tertiary/aromatic N) is 1. The van der Waals surface area contributed by atoms with Gasteiger partial charge in [0.2, 0.25) is 15.9 Å². The van der Waals surface area contributed by atoms with Crippen LogP contribution in [-0.2, 0) is 14.8 Å². The van der Waals surface area contributed by atoms with Crippen molar-refractivity contribution < 1.29 is 13.2 Å². The molecule has 1 aliphatic rings. The fourth-order valence-electron chi connectivity index (χ4n) is 2.64. The molecule has 0 radical (unpaired) electrons. The van der Waals surface area contributed by atoms with E-state index in [-0.39, 0.29) is 24.4 Å². The topological polar surface area (TPSA) is 66.5 Å². The number of nitrogens with one attached hydrogen (secondary N) is 1. The Kier molecular flexibility index (Phi) is 5.24. The highest BCUT2D eigenvalue weighted by Gasteiger charge is 2.33. The second-order valence-corrected chi connectivity index (χ2v) is 8.12. The Hall–Kier alpha value is -1.40. The van der Waals surface area contributed by atoms with Crippen LogP contribution in [-0.4, -0.2) is 37.8 Å². The van der Waals surface area contributed by atoms with E-state index in [0.29, 0.717) is 17.9 Å². The second-order valence-electron chi connectivity index (χ2n) is 6.18. The van der Waals surface area contributed by atoms with Crippen LogP contribution in [0.25, 0.3) is 0 Å². The Balaban J connectivity index is 2.14. The molecule has 122 valence electrons. The molecule has 1 aromatic carbocycles. The van der Waals surface area contributed by atoms with Crippen LogP contribution >= 0.6 is 0 Å². The van der Waals surface area contributed by atoms with Gasteiger partial charge in [0, 0.05) is 19.1 Å². The van der Waals surface area contributed by atoms with Gasteiger partial charge in [-0.3, -0.25) is 4.79 Å². The third-order valence-corrected chi connectivity index (χ3v) is 5.72. The molecule has 0 saturated carbocycles. The molecular formula is C16H24N2O3S. The first-order chi connectivity index (χ1) is 10.3. The summed E-state index contributed by atoms with van der Waals surface area (Å²) >= 11 is 0. The number of amides is 1. The smallest absolute Gasteiger partial charge is 0.243 e. The minimum Gasteiger partial charge on any atom is -0.354 e. The van der Waals surface area contributed by atoms with Gasteiger partial charge < -0.3 is 5.32 Å². The van der Waals surface area contributed by atoms with Gasteiger partial charge in [-0.15, -0.1) is 0 Å². The maximum absolute atomic E-state index is 12.7. The van der Waals surface area contributed by atoms with Crippen LogP contribution in [0, 0.1) is 12.8 Å². The largest absolute Gasteiger partial charge is 0.354 e. The normalized spacial score (nSPS) is 20.1. The maximum Gasteiger partial charge on any atom is 0.243 e. The molecule has 2 rings (SSSR count). The number of carbonyl (C=O) groups is 1. The molecule has 1 N–H and O–H groups in total. The van der Waals surface area contributed by atoms with Crippen molar-refractivity contribution >= 4 is 15.9 Å². The summed E-state index contributed by atoms with van der Waals surface area (Å²) in [4.78, 5) is 12.4. The Labute approximate surface area is 132 Å². The molecule has 5 nitrogen and oxygen atoms in total. The molecule has 1 fully saturated rings. The number of benzene rings is 1. The first-order valence-corrected chi connectivity index (χ1v) is 9.12. The van der Waals surface area contributed by atoms with E-state index in [1.165, 1.54) is 4.31 Å². The van der Waals surface area contributed by atoms with Gasteiger partial charge in [0.1, 0.15) is 0 Å². The highest BCUT2D eigenvalue weighted by molar-refractivity contribution is 7.89. The Morgan fingerprint density at radius 3 is 2.50 bits per heavy atom. The molecule has 22 heavy (non-hydrogen) atoms. The molecule has 1 atom stereocenters. The Morgan fingerprint density at radius 1 is 1.27 bits per heavy atom. The van der Waals surface area contributed by atoms with E-state index in [4.69, 9.17) is 0 Å². The van der Waals surface area contributed by atoms with Gasteiger partial charge in [0.15, 0.2) is 0 Å². The molecule has 0 unspecified atom stereocenters. The molecule has 1 amide bonds. The monoisotopic (exact) mass is 324 g/mol. The van der Waals surface area contributed by atoms with E-state index in [1.54, 1.807) is 24.3 Å². The van der Waals surface area contributed by atoms with Gasteiger partial charge in [-0.2, -0.15) is 4.31 Å². The molecule has 1 aliphatic heterocycles. The lowest BCUT2D eigenvalue weighted by molar-refractivity contribution is -0.126. The van der Waals surface area contributed by atoms with Crippen molar-refractivity contribution in [2.45, 2.75) is 44.6 Å².